The number of thiol groups is 1. The van der Waals surface area contributed by atoms with E-state index in [1.807, 2.05) is 32.0 Å². The zero-order chi connectivity index (χ0) is 13.8. The lowest BCUT2D eigenvalue weighted by atomic mass is 10.2. The second kappa shape index (κ2) is 6.30. The van der Waals surface area contributed by atoms with E-state index in [-0.39, 0.29) is 0 Å². The molecule has 3 nitrogen and oxygen atoms in total. The summed E-state index contributed by atoms with van der Waals surface area (Å²) in [7, 11) is 1.65. The van der Waals surface area contributed by atoms with Crippen molar-refractivity contribution < 1.29 is 9.47 Å². The monoisotopic (exact) mass is 295 g/mol. The number of benzene rings is 1. The molecule has 0 bridgehead atoms. The van der Waals surface area contributed by atoms with Crippen molar-refractivity contribution in [2.75, 3.05) is 13.7 Å². The highest BCUT2D eigenvalue weighted by Crippen LogP contribution is 2.40. The third-order valence-electron chi connectivity index (χ3n) is 2.75. The summed E-state index contributed by atoms with van der Waals surface area (Å²) >= 11 is 5.97. The van der Waals surface area contributed by atoms with Crippen LogP contribution in [0, 0.1) is 6.92 Å². The minimum absolute atomic E-state index is 0.594. The van der Waals surface area contributed by atoms with E-state index in [2.05, 4.69) is 17.6 Å². The smallest absolute Gasteiger partial charge is 0.171 e. The first-order valence-electron chi connectivity index (χ1n) is 6.08. The molecule has 1 aromatic carbocycles. The summed E-state index contributed by atoms with van der Waals surface area (Å²) in [5.74, 6) is 2.20. The second-order valence-electron chi connectivity index (χ2n) is 3.96. The van der Waals surface area contributed by atoms with Crippen LogP contribution in [0.4, 0.5) is 0 Å². The molecule has 0 saturated heterocycles. The van der Waals surface area contributed by atoms with Gasteiger partial charge in [-0.1, -0.05) is 6.07 Å². The SMILES string of the molecule is CCOc1c(OC)cccc1-c1nc(C)c(CS)s1. The number of hydrogen-bond donors (Lipinski definition) is 1. The molecule has 1 aromatic heterocycles. The first-order chi connectivity index (χ1) is 9.21. The Morgan fingerprint density at radius 2 is 2.16 bits per heavy atom. The average molecular weight is 295 g/mol. The maximum absolute atomic E-state index is 5.72. The maximum Gasteiger partial charge on any atom is 0.171 e. The lowest BCUT2D eigenvalue weighted by Gasteiger charge is -2.12. The van der Waals surface area contributed by atoms with Gasteiger partial charge in [-0.15, -0.1) is 11.3 Å². The van der Waals surface area contributed by atoms with E-state index < -0.39 is 0 Å². The fourth-order valence-corrected chi connectivity index (χ4v) is 3.20. The molecule has 0 unspecified atom stereocenters. The topological polar surface area (TPSA) is 31.4 Å². The minimum atomic E-state index is 0.594. The Morgan fingerprint density at radius 3 is 2.74 bits per heavy atom. The number of hydrogen-bond acceptors (Lipinski definition) is 5. The molecule has 5 heteroatoms. The van der Waals surface area contributed by atoms with Gasteiger partial charge in [-0.05, 0) is 26.0 Å². The highest BCUT2D eigenvalue weighted by Gasteiger charge is 2.16. The molecule has 0 amide bonds. The van der Waals surface area contributed by atoms with Crippen LogP contribution in [-0.4, -0.2) is 18.7 Å². The van der Waals surface area contributed by atoms with Crippen LogP contribution in [-0.2, 0) is 5.75 Å². The van der Waals surface area contributed by atoms with E-state index in [1.165, 1.54) is 4.88 Å². The van der Waals surface area contributed by atoms with Crippen LogP contribution in [0.25, 0.3) is 10.6 Å². The van der Waals surface area contributed by atoms with Crippen LogP contribution in [0.3, 0.4) is 0 Å². The van der Waals surface area contributed by atoms with Crippen LogP contribution < -0.4 is 9.47 Å². The molecule has 2 rings (SSSR count). The molecular formula is C14H17NO2S2. The van der Waals surface area contributed by atoms with Gasteiger partial charge in [0.15, 0.2) is 11.5 Å². The van der Waals surface area contributed by atoms with Crippen LogP contribution in [0.1, 0.15) is 17.5 Å². The number of thiazole rings is 1. The number of aryl methyl sites for hydroxylation is 1. The van der Waals surface area contributed by atoms with E-state index in [0.29, 0.717) is 12.4 Å². The molecular weight excluding hydrogens is 278 g/mol. The first kappa shape index (κ1) is 14.2. The summed E-state index contributed by atoms with van der Waals surface area (Å²) in [6, 6.07) is 5.86. The number of methoxy groups -OCH3 is 1. The summed E-state index contributed by atoms with van der Waals surface area (Å²) in [6.07, 6.45) is 0. The zero-order valence-corrected chi connectivity index (χ0v) is 13.0. The molecule has 102 valence electrons. The molecule has 0 aliphatic rings. The summed E-state index contributed by atoms with van der Waals surface area (Å²) in [5.41, 5.74) is 2.00. The molecule has 0 radical (unpaired) electrons. The van der Waals surface area contributed by atoms with Crippen LogP contribution in [0.5, 0.6) is 11.5 Å². The first-order valence-corrected chi connectivity index (χ1v) is 7.53. The fraction of sp³-hybridized carbons (Fsp3) is 0.357. The average Bonchev–Trinajstić information content (AvgIpc) is 2.80. The Hall–Kier alpha value is -1.20. The van der Waals surface area contributed by atoms with Crippen LogP contribution in [0.15, 0.2) is 18.2 Å². The van der Waals surface area contributed by atoms with Gasteiger partial charge >= 0.3 is 0 Å². The van der Waals surface area contributed by atoms with Gasteiger partial charge in [0.2, 0.25) is 0 Å². The van der Waals surface area contributed by atoms with Crippen molar-refractivity contribution in [1.82, 2.24) is 4.98 Å². The lowest BCUT2D eigenvalue weighted by Crippen LogP contribution is -1.97. The van der Waals surface area contributed by atoms with Crippen LogP contribution >= 0.6 is 24.0 Å². The van der Waals surface area contributed by atoms with Gasteiger partial charge < -0.3 is 9.47 Å². The van der Waals surface area contributed by atoms with E-state index in [1.54, 1.807) is 18.4 Å². The second-order valence-corrected chi connectivity index (χ2v) is 5.36. The van der Waals surface area contributed by atoms with E-state index in [4.69, 9.17) is 9.47 Å². The molecule has 2 aromatic rings. The number of ether oxygens (including phenoxy) is 2. The van der Waals surface area contributed by atoms with Crippen molar-refractivity contribution in [3.8, 4) is 22.1 Å². The van der Waals surface area contributed by atoms with Crippen LogP contribution in [0.2, 0.25) is 0 Å². The normalized spacial score (nSPS) is 10.5. The molecule has 0 aliphatic carbocycles. The quantitative estimate of drug-likeness (QED) is 0.847. The van der Waals surface area contributed by atoms with Crippen molar-refractivity contribution in [2.45, 2.75) is 19.6 Å². The highest BCUT2D eigenvalue weighted by atomic mass is 32.1. The highest BCUT2D eigenvalue weighted by molar-refractivity contribution is 7.79. The van der Waals surface area contributed by atoms with Gasteiger partial charge in [-0.2, -0.15) is 12.6 Å². The van der Waals surface area contributed by atoms with E-state index in [0.717, 1.165) is 27.8 Å². The molecule has 0 aliphatic heterocycles. The minimum Gasteiger partial charge on any atom is -0.493 e. The van der Waals surface area contributed by atoms with E-state index >= 15 is 0 Å². The third-order valence-corrected chi connectivity index (χ3v) is 4.48. The van der Waals surface area contributed by atoms with Gasteiger partial charge in [-0.25, -0.2) is 4.98 Å². The molecule has 0 saturated carbocycles. The van der Waals surface area contributed by atoms with Gasteiger partial charge in [-0.3, -0.25) is 0 Å². The largest absolute Gasteiger partial charge is 0.493 e. The molecule has 0 atom stereocenters. The standard InChI is InChI=1S/C14H17NO2S2/c1-4-17-13-10(6-5-7-11(13)16-3)14-15-9(2)12(8-18)19-14/h5-7,18H,4,8H2,1-3H3. The fourth-order valence-electron chi connectivity index (χ4n) is 1.83. The number of nitrogens with zero attached hydrogens (tertiary/aromatic N) is 1. The van der Waals surface area contributed by atoms with Gasteiger partial charge in [0.05, 0.1) is 25.0 Å². The van der Waals surface area contributed by atoms with Gasteiger partial charge in [0.25, 0.3) is 0 Å². The number of rotatable bonds is 5. The Labute approximate surface area is 123 Å². The summed E-state index contributed by atoms with van der Waals surface area (Å²) < 4.78 is 11.1. The van der Waals surface area contributed by atoms with E-state index in [9.17, 15) is 0 Å². The lowest BCUT2D eigenvalue weighted by molar-refractivity contribution is 0.312. The predicted octanol–water partition coefficient (Wildman–Crippen LogP) is 3.96. The molecule has 1 heterocycles. The third kappa shape index (κ3) is 2.87. The number of aromatic nitrogens is 1. The number of para-hydroxylation sites is 1. The van der Waals surface area contributed by atoms with Crippen molar-refractivity contribution in [3.05, 3.63) is 28.8 Å². The Morgan fingerprint density at radius 1 is 1.37 bits per heavy atom. The maximum atomic E-state index is 5.72. The molecule has 0 fully saturated rings. The van der Waals surface area contributed by atoms with Gasteiger partial charge in [0.1, 0.15) is 5.01 Å². The molecule has 19 heavy (non-hydrogen) atoms. The summed E-state index contributed by atoms with van der Waals surface area (Å²) in [5, 5.41) is 0.948. The molecule has 0 spiro atoms. The molecule has 0 N–H and O–H groups in total. The van der Waals surface area contributed by atoms with Crippen molar-refractivity contribution in [1.29, 1.82) is 0 Å². The Kier molecular flexibility index (Phi) is 4.71. The predicted molar refractivity (Wildman–Crippen MR) is 82.7 cm³/mol. The van der Waals surface area contributed by atoms with Crippen molar-refractivity contribution in [3.63, 3.8) is 0 Å². The van der Waals surface area contributed by atoms with Crippen molar-refractivity contribution >= 4 is 24.0 Å². The van der Waals surface area contributed by atoms with Crippen molar-refractivity contribution in [2.24, 2.45) is 0 Å². The zero-order valence-electron chi connectivity index (χ0n) is 11.3. The Balaban J connectivity index is 2.53. The Bertz CT molecular complexity index is 567. The van der Waals surface area contributed by atoms with Gasteiger partial charge in [0, 0.05) is 10.6 Å². The summed E-state index contributed by atoms with van der Waals surface area (Å²) in [6.45, 7) is 4.56. The summed E-state index contributed by atoms with van der Waals surface area (Å²) in [4.78, 5) is 5.79.